The molecule has 110 valence electrons. The second-order valence-electron chi connectivity index (χ2n) is 4.76. The SMILES string of the molecule is O=C(CN1N=C(C(=O)O)CCC1=O)NC1CCOCC1. The van der Waals surface area contributed by atoms with Crippen LogP contribution in [-0.2, 0) is 19.1 Å². The lowest BCUT2D eigenvalue weighted by molar-refractivity contribution is -0.137. The van der Waals surface area contributed by atoms with Crippen molar-refractivity contribution >= 4 is 23.5 Å². The van der Waals surface area contributed by atoms with E-state index in [1.54, 1.807) is 0 Å². The van der Waals surface area contributed by atoms with E-state index in [1.165, 1.54) is 0 Å². The minimum Gasteiger partial charge on any atom is -0.477 e. The molecule has 1 saturated heterocycles. The van der Waals surface area contributed by atoms with Crippen LogP contribution in [0.5, 0.6) is 0 Å². The number of nitrogens with zero attached hydrogens (tertiary/aromatic N) is 2. The third-order valence-electron chi connectivity index (χ3n) is 3.23. The van der Waals surface area contributed by atoms with Crippen molar-refractivity contribution in [3.05, 3.63) is 0 Å². The fourth-order valence-electron chi connectivity index (χ4n) is 2.13. The molecule has 0 aromatic rings. The number of ether oxygens (including phenoxy) is 1. The molecule has 0 radical (unpaired) electrons. The van der Waals surface area contributed by atoms with E-state index < -0.39 is 5.97 Å². The second-order valence-corrected chi connectivity index (χ2v) is 4.76. The zero-order valence-corrected chi connectivity index (χ0v) is 11.0. The highest BCUT2D eigenvalue weighted by molar-refractivity contribution is 6.36. The fraction of sp³-hybridized carbons (Fsp3) is 0.667. The van der Waals surface area contributed by atoms with Crippen LogP contribution in [0.4, 0.5) is 0 Å². The van der Waals surface area contributed by atoms with Crippen molar-refractivity contribution in [2.45, 2.75) is 31.7 Å². The van der Waals surface area contributed by atoms with Crippen LogP contribution in [0.1, 0.15) is 25.7 Å². The summed E-state index contributed by atoms with van der Waals surface area (Å²) in [6, 6.07) is 0.0408. The van der Waals surface area contributed by atoms with Crippen LogP contribution < -0.4 is 5.32 Å². The highest BCUT2D eigenvalue weighted by atomic mass is 16.5. The molecule has 2 aliphatic rings. The van der Waals surface area contributed by atoms with Gasteiger partial charge in [0.25, 0.3) is 0 Å². The maximum atomic E-state index is 11.8. The molecule has 0 aromatic heterocycles. The van der Waals surface area contributed by atoms with Gasteiger partial charge in [0.15, 0.2) is 0 Å². The molecular formula is C12H17N3O5. The molecule has 2 aliphatic heterocycles. The van der Waals surface area contributed by atoms with Gasteiger partial charge >= 0.3 is 5.97 Å². The van der Waals surface area contributed by atoms with E-state index >= 15 is 0 Å². The molecule has 20 heavy (non-hydrogen) atoms. The van der Waals surface area contributed by atoms with Gasteiger partial charge in [-0.25, -0.2) is 9.80 Å². The average molecular weight is 283 g/mol. The quantitative estimate of drug-likeness (QED) is 0.712. The molecule has 0 aliphatic carbocycles. The van der Waals surface area contributed by atoms with Crippen molar-refractivity contribution in [2.75, 3.05) is 19.8 Å². The number of carboxylic acid groups (broad SMARTS) is 1. The predicted molar refractivity (Wildman–Crippen MR) is 68.0 cm³/mol. The van der Waals surface area contributed by atoms with E-state index in [4.69, 9.17) is 9.84 Å². The van der Waals surface area contributed by atoms with Crippen LogP contribution in [0.3, 0.4) is 0 Å². The Balaban J connectivity index is 1.90. The summed E-state index contributed by atoms with van der Waals surface area (Å²) in [7, 11) is 0. The van der Waals surface area contributed by atoms with Crippen LogP contribution in [0.2, 0.25) is 0 Å². The topological polar surface area (TPSA) is 108 Å². The van der Waals surface area contributed by atoms with Gasteiger partial charge in [0.05, 0.1) is 0 Å². The van der Waals surface area contributed by atoms with Gasteiger partial charge in [0.1, 0.15) is 12.3 Å². The van der Waals surface area contributed by atoms with Crippen molar-refractivity contribution in [3.8, 4) is 0 Å². The molecule has 1 fully saturated rings. The first-order valence-electron chi connectivity index (χ1n) is 6.54. The minimum absolute atomic E-state index is 0.0408. The van der Waals surface area contributed by atoms with Gasteiger partial charge in [-0.1, -0.05) is 0 Å². The van der Waals surface area contributed by atoms with Crippen molar-refractivity contribution in [3.63, 3.8) is 0 Å². The van der Waals surface area contributed by atoms with Gasteiger partial charge < -0.3 is 15.2 Å². The number of carboxylic acids is 1. The molecular weight excluding hydrogens is 266 g/mol. The van der Waals surface area contributed by atoms with Crippen molar-refractivity contribution in [1.82, 2.24) is 10.3 Å². The first-order valence-corrected chi connectivity index (χ1v) is 6.54. The smallest absolute Gasteiger partial charge is 0.352 e. The van der Waals surface area contributed by atoms with E-state index in [1.807, 2.05) is 0 Å². The largest absolute Gasteiger partial charge is 0.477 e. The van der Waals surface area contributed by atoms with Crippen LogP contribution >= 0.6 is 0 Å². The Morgan fingerprint density at radius 3 is 2.70 bits per heavy atom. The Labute approximate surface area is 115 Å². The van der Waals surface area contributed by atoms with Gasteiger partial charge in [0.2, 0.25) is 11.8 Å². The molecule has 2 heterocycles. The van der Waals surface area contributed by atoms with Gasteiger partial charge in [-0.05, 0) is 12.8 Å². The zero-order valence-electron chi connectivity index (χ0n) is 11.0. The lowest BCUT2D eigenvalue weighted by Gasteiger charge is -2.25. The minimum atomic E-state index is -1.16. The Morgan fingerprint density at radius 1 is 1.35 bits per heavy atom. The summed E-state index contributed by atoms with van der Waals surface area (Å²) in [6.07, 6.45) is 1.65. The molecule has 0 saturated carbocycles. The number of hydrazone groups is 1. The summed E-state index contributed by atoms with van der Waals surface area (Å²) in [5.41, 5.74) is -0.0940. The molecule has 0 unspecified atom stereocenters. The predicted octanol–water partition coefficient (Wildman–Crippen LogP) is -0.655. The Morgan fingerprint density at radius 2 is 2.05 bits per heavy atom. The number of amides is 2. The number of carbonyl (C=O) groups is 3. The highest BCUT2D eigenvalue weighted by Gasteiger charge is 2.26. The second kappa shape index (κ2) is 6.47. The van der Waals surface area contributed by atoms with Crippen molar-refractivity contribution in [1.29, 1.82) is 0 Å². The summed E-state index contributed by atoms with van der Waals surface area (Å²) < 4.78 is 5.19. The number of aliphatic carboxylic acids is 1. The molecule has 0 aromatic carbocycles. The number of carbonyl (C=O) groups excluding carboxylic acids is 2. The van der Waals surface area contributed by atoms with E-state index in [0.29, 0.717) is 13.2 Å². The summed E-state index contributed by atoms with van der Waals surface area (Å²) in [5.74, 6) is -1.83. The molecule has 2 N–H and O–H groups in total. The zero-order chi connectivity index (χ0) is 14.5. The highest BCUT2D eigenvalue weighted by Crippen LogP contribution is 2.10. The summed E-state index contributed by atoms with van der Waals surface area (Å²) >= 11 is 0. The van der Waals surface area contributed by atoms with Crippen LogP contribution in [0, 0.1) is 0 Å². The van der Waals surface area contributed by atoms with Crippen LogP contribution in [0.25, 0.3) is 0 Å². The third kappa shape index (κ3) is 3.77. The van der Waals surface area contributed by atoms with Gasteiger partial charge in [0, 0.05) is 32.1 Å². The van der Waals surface area contributed by atoms with Crippen LogP contribution in [0.15, 0.2) is 5.10 Å². The Hall–Kier alpha value is -1.96. The normalized spacial score (nSPS) is 20.5. The monoisotopic (exact) mass is 283 g/mol. The third-order valence-corrected chi connectivity index (χ3v) is 3.23. The molecule has 8 heteroatoms. The number of hydrogen-bond donors (Lipinski definition) is 2. The molecule has 0 atom stereocenters. The first-order chi connectivity index (χ1) is 9.56. The standard InChI is InChI=1S/C12H17N3O5/c16-10(13-8-3-5-20-6-4-8)7-15-11(17)2-1-9(14-15)12(18)19/h8H,1-7H2,(H,13,16)(H,18,19). The molecule has 2 amide bonds. The number of hydrogen-bond acceptors (Lipinski definition) is 5. The molecule has 8 nitrogen and oxygen atoms in total. The lowest BCUT2D eigenvalue weighted by atomic mass is 10.1. The lowest BCUT2D eigenvalue weighted by Crippen LogP contribution is -2.45. The summed E-state index contributed by atoms with van der Waals surface area (Å²) in [4.78, 5) is 34.3. The number of nitrogens with one attached hydrogen (secondary N) is 1. The maximum Gasteiger partial charge on any atom is 0.352 e. The van der Waals surface area contributed by atoms with E-state index in [-0.39, 0.29) is 43.0 Å². The molecule has 2 rings (SSSR count). The number of rotatable bonds is 4. The Bertz CT molecular complexity index is 442. The first kappa shape index (κ1) is 14.4. The summed E-state index contributed by atoms with van der Waals surface area (Å²) in [5, 5.41) is 16.3. The van der Waals surface area contributed by atoms with Gasteiger partial charge in [-0.3, -0.25) is 9.59 Å². The Kier molecular flexibility index (Phi) is 4.67. The van der Waals surface area contributed by atoms with E-state index in [2.05, 4.69) is 10.4 Å². The van der Waals surface area contributed by atoms with E-state index in [9.17, 15) is 14.4 Å². The van der Waals surface area contributed by atoms with Gasteiger partial charge in [-0.2, -0.15) is 5.10 Å². The molecule has 0 spiro atoms. The van der Waals surface area contributed by atoms with Crippen molar-refractivity contribution < 1.29 is 24.2 Å². The van der Waals surface area contributed by atoms with Crippen molar-refractivity contribution in [2.24, 2.45) is 5.10 Å². The fourth-order valence-corrected chi connectivity index (χ4v) is 2.13. The maximum absolute atomic E-state index is 11.8. The van der Waals surface area contributed by atoms with Gasteiger partial charge in [-0.15, -0.1) is 0 Å². The van der Waals surface area contributed by atoms with E-state index in [0.717, 1.165) is 17.9 Å². The molecule has 0 bridgehead atoms. The summed E-state index contributed by atoms with van der Waals surface area (Å²) in [6.45, 7) is 0.969. The van der Waals surface area contributed by atoms with Crippen LogP contribution in [-0.4, -0.2) is 59.4 Å². The average Bonchev–Trinajstić information content (AvgIpc) is 2.42.